The van der Waals surface area contributed by atoms with Crippen molar-refractivity contribution in [3.8, 4) is 33.4 Å². The topological polar surface area (TPSA) is 12.0 Å². The second-order valence-electron chi connectivity index (χ2n) is 6.25. The Bertz CT molecular complexity index is 1020. The van der Waals surface area contributed by atoms with Crippen LogP contribution in [0.2, 0.25) is 0 Å². The zero-order valence-corrected chi connectivity index (χ0v) is 14.8. The highest BCUT2D eigenvalue weighted by molar-refractivity contribution is 5.94. The highest BCUT2D eigenvalue weighted by atomic mass is 14.8. The number of rotatable bonds is 4. The number of hydrogen-bond acceptors (Lipinski definition) is 1. The van der Waals surface area contributed by atoms with Crippen LogP contribution in [0.15, 0.2) is 103 Å². The molecule has 1 nitrogen and oxygen atoms in total. The third kappa shape index (κ3) is 3.00. The van der Waals surface area contributed by atoms with Crippen molar-refractivity contribution in [1.29, 1.82) is 0 Å². The molecule has 0 saturated carbocycles. The summed E-state index contributed by atoms with van der Waals surface area (Å²) in [6, 6.07) is 36.3. The van der Waals surface area contributed by atoms with Crippen LogP contribution in [0.25, 0.3) is 33.4 Å². The van der Waals surface area contributed by atoms with Crippen molar-refractivity contribution >= 4 is 5.69 Å². The average Bonchev–Trinajstić information content (AvgIpc) is 2.74. The van der Waals surface area contributed by atoms with Crippen molar-refractivity contribution in [2.75, 3.05) is 12.4 Å². The van der Waals surface area contributed by atoms with Crippen LogP contribution >= 0.6 is 0 Å². The number of hydrogen-bond donors (Lipinski definition) is 1. The number of nitrogens with one attached hydrogen (secondary N) is 1. The normalized spacial score (nSPS) is 10.5. The minimum absolute atomic E-state index is 1.14. The SMILES string of the molecule is CNc1ccccc1-c1ccccc1-c1ccccc1-c1ccccc1. The fraction of sp³-hybridized carbons (Fsp3) is 0.0400. The summed E-state index contributed by atoms with van der Waals surface area (Å²) in [5, 5.41) is 3.32. The van der Waals surface area contributed by atoms with Crippen molar-refractivity contribution < 1.29 is 0 Å². The molecule has 0 amide bonds. The summed E-state index contributed by atoms with van der Waals surface area (Å²) in [7, 11) is 1.97. The lowest BCUT2D eigenvalue weighted by atomic mass is 9.89. The van der Waals surface area contributed by atoms with Gasteiger partial charge in [-0.2, -0.15) is 0 Å². The van der Waals surface area contributed by atoms with Crippen molar-refractivity contribution in [2.24, 2.45) is 0 Å². The zero-order valence-electron chi connectivity index (χ0n) is 14.8. The first kappa shape index (κ1) is 16.2. The Kier molecular flexibility index (Phi) is 4.53. The van der Waals surface area contributed by atoms with E-state index in [0.29, 0.717) is 0 Å². The van der Waals surface area contributed by atoms with Gasteiger partial charge in [0.25, 0.3) is 0 Å². The van der Waals surface area contributed by atoms with Crippen molar-refractivity contribution in [3.63, 3.8) is 0 Å². The van der Waals surface area contributed by atoms with Gasteiger partial charge < -0.3 is 5.32 Å². The van der Waals surface area contributed by atoms with E-state index in [4.69, 9.17) is 0 Å². The lowest BCUT2D eigenvalue weighted by Gasteiger charge is -2.16. The Morgan fingerprint density at radius 3 is 1.46 bits per heavy atom. The minimum Gasteiger partial charge on any atom is -0.388 e. The van der Waals surface area contributed by atoms with E-state index in [-0.39, 0.29) is 0 Å². The lowest BCUT2D eigenvalue weighted by Crippen LogP contribution is -1.94. The van der Waals surface area contributed by atoms with Gasteiger partial charge in [0.2, 0.25) is 0 Å². The molecule has 4 aromatic rings. The molecule has 0 spiro atoms. The molecule has 1 heteroatoms. The van der Waals surface area contributed by atoms with Crippen LogP contribution in [0.4, 0.5) is 5.69 Å². The number of para-hydroxylation sites is 1. The molecule has 4 aromatic carbocycles. The summed E-state index contributed by atoms with van der Waals surface area (Å²) in [6.45, 7) is 0. The molecule has 0 atom stereocenters. The molecule has 0 heterocycles. The van der Waals surface area contributed by atoms with Gasteiger partial charge in [0.05, 0.1) is 0 Å². The maximum Gasteiger partial charge on any atom is 0.0417 e. The molecule has 4 rings (SSSR count). The first-order chi connectivity index (χ1) is 12.9. The molecule has 0 aliphatic heterocycles. The first-order valence-electron chi connectivity index (χ1n) is 8.89. The van der Waals surface area contributed by atoms with Crippen LogP contribution in [0, 0.1) is 0 Å². The van der Waals surface area contributed by atoms with Crippen molar-refractivity contribution in [2.45, 2.75) is 0 Å². The lowest BCUT2D eigenvalue weighted by molar-refractivity contribution is 1.49. The second-order valence-corrected chi connectivity index (χ2v) is 6.25. The average molecular weight is 335 g/mol. The van der Waals surface area contributed by atoms with Crippen LogP contribution in [-0.2, 0) is 0 Å². The summed E-state index contributed by atoms with van der Waals surface area (Å²) in [5.41, 5.74) is 8.57. The Morgan fingerprint density at radius 1 is 0.423 bits per heavy atom. The Morgan fingerprint density at radius 2 is 0.846 bits per heavy atom. The van der Waals surface area contributed by atoms with E-state index >= 15 is 0 Å². The van der Waals surface area contributed by atoms with Crippen molar-refractivity contribution in [1.82, 2.24) is 0 Å². The van der Waals surface area contributed by atoms with E-state index in [2.05, 4.69) is 108 Å². The monoisotopic (exact) mass is 335 g/mol. The van der Waals surface area contributed by atoms with Crippen LogP contribution in [-0.4, -0.2) is 7.05 Å². The van der Waals surface area contributed by atoms with E-state index in [1.807, 2.05) is 7.05 Å². The predicted octanol–water partition coefficient (Wildman–Crippen LogP) is 6.73. The minimum atomic E-state index is 1.14. The third-order valence-electron chi connectivity index (χ3n) is 4.72. The molecule has 0 aromatic heterocycles. The first-order valence-corrected chi connectivity index (χ1v) is 8.89. The molecule has 0 fully saturated rings. The Hall–Kier alpha value is -3.32. The molecule has 1 N–H and O–H groups in total. The molecule has 0 aliphatic rings. The van der Waals surface area contributed by atoms with Gasteiger partial charge in [0, 0.05) is 18.3 Å². The molecule has 0 saturated heterocycles. The van der Waals surface area contributed by atoms with Gasteiger partial charge in [-0.3, -0.25) is 0 Å². The quantitative estimate of drug-likeness (QED) is 0.436. The Labute approximate surface area is 155 Å². The van der Waals surface area contributed by atoms with Gasteiger partial charge in [-0.05, 0) is 33.9 Å². The molecular weight excluding hydrogens is 314 g/mol. The largest absolute Gasteiger partial charge is 0.388 e. The van der Waals surface area contributed by atoms with Gasteiger partial charge in [0.15, 0.2) is 0 Å². The van der Waals surface area contributed by atoms with E-state index in [1.165, 1.54) is 33.4 Å². The fourth-order valence-corrected chi connectivity index (χ4v) is 3.48. The van der Waals surface area contributed by atoms with Gasteiger partial charge in [0.1, 0.15) is 0 Å². The van der Waals surface area contributed by atoms with E-state index < -0.39 is 0 Å². The molecule has 0 unspecified atom stereocenters. The predicted molar refractivity (Wildman–Crippen MR) is 112 cm³/mol. The van der Waals surface area contributed by atoms with Gasteiger partial charge in [-0.1, -0.05) is 97.1 Å². The molecule has 26 heavy (non-hydrogen) atoms. The highest BCUT2D eigenvalue weighted by Crippen LogP contribution is 2.39. The van der Waals surface area contributed by atoms with E-state index in [1.54, 1.807) is 0 Å². The van der Waals surface area contributed by atoms with Crippen LogP contribution < -0.4 is 5.32 Å². The zero-order chi connectivity index (χ0) is 17.8. The number of anilines is 1. The molecular formula is C25H21N. The van der Waals surface area contributed by atoms with Crippen LogP contribution in [0.3, 0.4) is 0 Å². The molecule has 0 bridgehead atoms. The van der Waals surface area contributed by atoms with Gasteiger partial charge in [-0.15, -0.1) is 0 Å². The van der Waals surface area contributed by atoms with Gasteiger partial charge in [-0.25, -0.2) is 0 Å². The standard InChI is InChI=1S/C25H21N/c1-26-25-18-10-9-17-24(25)23-16-8-7-15-22(23)21-14-6-5-13-20(21)19-11-3-2-4-12-19/h2-18,26H,1H3. The maximum absolute atomic E-state index is 3.32. The van der Waals surface area contributed by atoms with E-state index in [0.717, 1.165) is 5.69 Å². The Balaban J connectivity index is 1.95. The van der Waals surface area contributed by atoms with Crippen molar-refractivity contribution in [3.05, 3.63) is 103 Å². The summed E-state index contributed by atoms with van der Waals surface area (Å²) in [4.78, 5) is 0. The maximum atomic E-state index is 3.32. The van der Waals surface area contributed by atoms with Gasteiger partial charge >= 0.3 is 0 Å². The smallest absolute Gasteiger partial charge is 0.0417 e. The summed E-state index contributed by atoms with van der Waals surface area (Å²) >= 11 is 0. The van der Waals surface area contributed by atoms with Crippen LogP contribution in [0.1, 0.15) is 0 Å². The van der Waals surface area contributed by atoms with Crippen LogP contribution in [0.5, 0.6) is 0 Å². The third-order valence-corrected chi connectivity index (χ3v) is 4.72. The molecule has 0 radical (unpaired) electrons. The summed E-state index contributed by atoms with van der Waals surface area (Å²) in [5.74, 6) is 0. The fourth-order valence-electron chi connectivity index (χ4n) is 3.48. The molecule has 0 aliphatic carbocycles. The number of benzene rings is 4. The summed E-state index contributed by atoms with van der Waals surface area (Å²) < 4.78 is 0. The summed E-state index contributed by atoms with van der Waals surface area (Å²) in [6.07, 6.45) is 0. The highest BCUT2D eigenvalue weighted by Gasteiger charge is 2.13. The van der Waals surface area contributed by atoms with E-state index in [9.17, 15) is 0 Å². The molecule has 126 valence electrons. The second kappa shape index (κ2) is 7.28.